The molecule has 5 rings (SSSR count). The monoisotopic (exact) mass is 445 g/mol. The number of amides is 1. The molecule has 0 unspecified atom stereocenters. The van der Waals surface area contributed by atoms with Crippen molar-refractivity contribution in [1.82, 2.24) is 15.0 Å². The molecule has 1 amide bonds. The van der Waals surface area contributed by atoms with Gasteiger partial charge in [-0.15, -0.1) is 11.3 Å². The lowest BCUT2D eigenvalue weighted by atomic mass is 9.73. The molecule has 1 aliphatic heterocycles. The fraction of sp³-hybridized carbons (Fsp3) is 0.250. The Hall–Kier alpha value is -3.36. The Kier molecular flexibility index (Phi) is 5.32. The van der Waals surface area contributed by atoms with E-state index in [0.717, 1.165) is 37.6 Å². The molecule has 4 aromatic rings. The quantitative estimate of drug-likeness (QED) is 0.485. The second kappa shape index (κ2) is 8.29. The minimum Gasteiger partial charge on any atom is -0.381 e. The Morgan fingerprint density at radius 1 is 1.06 bits per heavy atom. The van der Waals surface area contributed by atoms with E-state index in [1.165, 1.54) is 0 Å². The third kappa shape index (κ3) is 3.83. The molecule has 8 heteroatoms. The molecule has 0 radical (unpaired) electrons. The number of anilines is 2. The summed E-state index contributed by atoms with van der Waals surface area (Å²) in [5.41, 5.74) is 9.43. The molecule has 1 aliphatic rings. The van der Waals surface area contributed by atoms with Gasteiger partial charge in [0.25, 0.3) is 0 Å². The maximum Gasteiger partial charge on any atom is 0.235 e. The van der Waals surface area contributed by atoms with Crippen molar-refractivity contribution in [1.29, 1.82) is 0 Å². The lowest BCUT2D eigenvalue weighted by Gasteiger charge is -2.36. The van der Waals surface area contributed by atoms with E-state index in [-0.39, 0.29) is 11.9 Å². The Morgan fingerprint density at radius 2 is 1.78 bits per heavy atom. The van der Waals surface area contributed by atoms with Gasteiger partial charge in [-0.1, -0.05) is 24.3 Å². The number of nitrogen functional groups attached to an aromatic ring is 1. The lowest BCUT2D eigenvalue weighted by Crippen LogP contribution is -2.44. The first kappa shape index (κ1) is 20.5. The lowest BCUT2D eigenvalue weighted by molar-refractivity contribution is -0.125. The molecule has 3 N–H and O–H groups in total. The van der Waals surface area contributed by atoms with Gasteiger partial charge in [0, 0.05) is 36.9 Å². The van der Waals surface area contributed by atoms with Crippen molar-refractivity contribution in [3.63, 3.8) is 0 Å². The minimum absolute atomic E-state index is 0.0179. The fourth-order valence-electron chi connectivity index (χ4n) is 4.21. The summed E-state index contributed by atoms with van der Waals surface area (Å²) in [4.78, 5) is 26.3. The topological polar surface area (TPSA) is 103 Å². The normalized spacial score (nSPS) is 15.5. The number of aromatic nitrogens is 3. The van der Waals surface area contributed by atoms with Crippen molar-refractivity contribution < 1.29 is 9.53 Å². The average Bonchev–Trinajstić information content (AvgIpc) is 3.19. The van der Waals surface area contributed by atoms with Gasteiger partial charge in [-0.3, -0.25) is 4.79 Å². The fourth-order valence-corrected chi connectivity index (χ4v) is 5.01. The Balaban J connectivity index is 1.44. The number of aryl methyl sites for hydroxylation is 1. The van der Waals surface area contributed by atoms with Gasteiger partial charge in [0.1, 0.15) is 0 Å². The molecular formula is C24H23N5O2S. The number of hydrogen-bond donors (Lipinski definition) is 2. The van der Waals surface area contributed by atoms with Crippen molar-refractivity contribution in [2.24, 2.45) is 0 Å². The second-order valence-electron chi connectivity index (χ2n) is 7.97. The Bertz CT molecular complexity index is 1260. The van der Waals surface area contributed by atoms with Gasteiger partial charge < -0.3 is 15.8 Å². The molecule has 7 nitrogen and oxygen atoms in total. The van der Waals surface area contributed by atoms with Crippen LogP contribution in [0.25, 0.3) is 21.3 Å². The summed E-state index contributed by atoms with van der Waals surface area (Å²) >= 11 is 1.65. The van der Waals surface area contributed by atoms with Crippen molar-refractivity contribution in [3.05, 3.63) is 65.4 Å². The van der Waals surface area contributed by atoms with E-state index in [2.05, 4.69) is 20.3 Å². The van der Waals surface area contributed by atoms with Gasteiger partial charge in [-0.05, 0) is 49.1 Å². The third-order valence-corrected chi connectivity index (χ3v) is 6.93. The summed E-state index contributed by atoms with van der Waals surface area (Å²) < 4.78 is 6.71. The molecule has 162 valence electrons. The molecule has 0 bridgehead atoms. The first-order valence-electron chi connectivity index (χ1n) is 10.5. The molecule has 1 fully saturated rings. The number of nitrogens with two attached hydrogens (primary N) is 1. The predicted octanol–water partition coefficient (Wildman–Crippen LogP) is 4.33. The first-order chi connectivity index (χ1) is 15.5. The van der Waals surface area contributed by atoms with Gasteiger partial charge >= 0.3 is 0 Å². The standard InChI is InChI=1S/C24H23N5O2S/c1-15-28-20-12-19(6-7-21(20)32-15)29-22(30)24(8-10-31-11-9-24)18-4-2-16(3-5-18)17-13-26-23(25)27-14-17/h2-7,12-14H,8-11H2,1H3,(H,29,30)(H2,25,26,27). The summed E-state index contributed by atoms with van der Waals surface area (Å²) in [6.07, 6.45) is 4.65. The number of nitrogens with zero attached hydrogens (tertiary/aromatic N) is 3. The average molecular weight is 446 g/mol. The van der Waals surface area contributed by atoms with Crippen LogP contribution in [0.5, 0.6) is 0 Å². The van der Waals surface area contributed by atoms with E-state index in [1.54, 1.807) is 23.7 Å². The Labute approximate surface area is 189 Å². The number of hydrogen-bond acceptors (Lipinski definition) is 7. The van der Waals surface area contributed by atoms with Crippen molar-refractivity contribution in [3.8, 4) is 11.1 Å². The molecule has 0 spiro atoms. The highest BCUT2D eigenvalue weighted by molar-refractivity contribution is 7.18. The maximum absolute atomic E-state index is 13.6. The first-order valence-corrected chi connectivity index (χ1v) is 11.3. The van der Waals surface area contributed by atoms with E-state index >= 15 is 0 Å². The van der Waals surface area contributed by atoms with Crippen molar-refractivity contribution >= 4 is 39.1 Å². The Morgan fingerprint density at radius 3 is 2.50 bits per heavy atom. The molecule has 3 heterocycles. The number of nitrogens with one attached hydrogen (secondary N) is 1. The minimum atomic E-state index is -0.651. The van der Waals surface area contributed by atoms with E-state index < -0.39 is 5.41 Å². The summed E-state index contributed by atoms with van der Waals surface area (Å²) in [5, 5.41) is 4.15. The van der Waals surface area contributed by atoms with E-state index in [1.807, 2.05) is 49.4 Å². The molecule has 32 heavy (non-hydrogen) atoms. The van der Waals surface area contributed by atoms with Crippen molar-refractivity contribution in [2.45, 2.75) is 25.2 Å². The largest absolute Gasteiger partial charge is 0.381 e. The zero-order valence-electron chi connectivity index (χ0n) is 17.7. The van der Waals surface area contributed by atoms with Gasteiger partial charge in [-0.2, -0.15) is 0 Å². The summed E-state index contributed by atoms with van der Waals surface area (Å²) in [5.74, 6) is 0.227. The zero-order chi connectivity index (χ0) is 22.1. The van der Waals surface area contributed by atoms with Crippen molar-refractivity contribution in [2.75, 3.05) is 24.3 Å². The molecular weight excluding hydrogens is 422 g/mol. The van der Waals surface area contributed by atoms with Crippen LogP contribution in [0, 0.1) is 6.92 Å². The van der Waals surface area contributed by atoms with Crippen LogP contribution in [0.3, 0.4) is 0 Å². The molecule has 2 aromatic heterocycles. The maximum atomic E-state index is 13.6. The van der Waals surface area contributed by atoms with Crippen LogP contribution in [-0.2, 0) is 14.9 Å². The van der Waals surface area contributed by atoms with Crippen LogP contribution in [0.15, 0.2) is 54.9 Å². The van der Waals surface area contributed by atoms with Crippen LogP contribution in [0.1, 0.15) is 23.4 Å². The number of carbonyl (C=O) groups excluding carboxylic acids is 1. The number of thiazole rings is 1. The highest BCUT2D eigenvalue weighted by atomic mass is 32.1. The van der Waals surface area contributed by atoms with Crippen LogP contribution in [0.4, 0.5) is 11.6 Å². The van der Waals surface area contributed by atoms with Gasteiger partial charge in [0.15, 0.2) is 0 Å². The van der Waals surface area contributed by atoms with Gasteiger partial charge in [0.2, 0.25) is 11.9 Å². The molecule has 0 aliphatic carbocycles. The van der Waals surface area contributed by atoms with Crippen LogP contribution < -0.4 is 11.1 Å². The molecule has 2 aromatic carbocycles. The summed E-state index contributed by atoms with van der Waals surface area (Å²) in [6.45, 7) is 3.08. The summed E-state index contributed by atoms with van der Waals surface area (Å²) in [7, 11) is 0. The van der Waals surface area contributed by atoms with Crippen LogP contribution in [0.2, 0.25) is 0 Å². The SMILES string of the molecule is Cc1nc2cc(NC(=O)C3(c4ccc(-c5cnc(N)nc5)cc4)CCOCC3)ccc2s1. The molecule has 0 saturated carbocycles. The smallest absolute Gasteiger partial charge is 0.235 e. The number of fused-ring (bicyclic) bond motifs is 1. The molecule has 1 saturated heterocycles. The van der Waals surface area contributed by atoms with Crippen LogP contribution in [-0.4, -0.2) is 34.1 Å². The van der Waals surface area contributed by atoms with E-state index in [4.69, 9.17) is 10.5 Å². The highest BCUT2D eigenvalue weighted by Gasteiger charge is 2.41. The van der Waals surface area contributed by atoms with Crippen LogP contribution >= 0.6 is 11.3 Å². The summed E-state index contributed by atoms with van der Waals surface area (Å²) in [6, 6.07) is 13.9. The third-order valence-electron chi connectivity index (χ3n) is 5.98. The van der Waals surface area contributed by atoms with Gasteiger partial charge in [-0.25, -0.2) is 15.0 Å². The second-order valence-corrected chi connectivity index (χ2v) is 9.21. The number of rotatable bonds is 4. The zero-order valence-corrected chi connectivity index (χ0v) is 18.5. The number of carbonyl (C=O) groups is 1. The highest BCUT2D eigenvalue weighted by Crippen LogP contribution is 2.37. The van der Waals surface area contributed by atoms with E-state index in [0.29, 0.717) is 26.1 Å². The van der Waals surface area contributed by atoms with E-state index in [9.17, 15) is 4.79 Å². The number of ether oxygens (including phenoxy) is 1. The predicted molar refractivity (Wildman–Crippen MR) is 127 cm³/mol. The molecule has 0 atom stereocenters. The van der Waals surface area contributed by atoms with Gasteiger partial charge in [0.05, 0.1) is 20.6 Å². The number of benzene rings is 2.